The first-order chi connectivity index (χ1) is 7.11. The van der Waals surface area contributed by atoms with Crippen LogP contribution in [0.2, 0.25) is 0 Å². The zero-order valence-corrected chi connectivity index (χ0v) is 8.56. The van der Waals surface area contributed by atoms with Gasteiger partial charge in [-0.3, -0.25) is 4.79 Å². The first-order valence-electron chi connectivity index (χ1n) is 4.46. The normalized spacial score (nSPS) is 12.1. The van der Waals surface area contributed by atoms with Crippen LogP contribution in [0.15, 0.2) is 0 Å². The number of aliphatic carboxylic acids is 1. The molecule has 0 saturated carbocycles. The summed E-state index contributed by atoms with van der Waals surface area (Å²) in [7, 11) is 1.52. The van der Waals surface area contributed by atoms with Gasteiger partial charge in [-0.1, -0.05) is 0 Å². The highest BCUT2D eigenvalue weighted by molar-refractivity contribution is 5.76. The highest BCUT2D eigenvalue weighted by Gasteiger charge is 2.19. The summed E-state index contributed by atoms with van der Waals surface area (Å²) >= 11 is 0. The lowest BCUT2D eigenvalue weighted by atomic mass is 10.1. The van der Waals surface area contributed by atoms with Gasteiger partial charge < -0.3 is 20.0 Å². The van der Waals surface area contributed by atoms with Crippen molar-refractivity contribution in [2.45, 2.75) is 18.9 Å². The fourth-order valence-electron chi connectivity index (χ4n) is 0.988. The molecule has 0 aromatic rings. The molecule has 7 heteroatoms. The minimum atomic E-state index is -0.974. The summed E-state index contributed by atoms with van der Waals surface area (Å²) in [6, 6.07) is -0.707. The average molecular weight is 220 g/mol. The van der Waals surface area contributed by atoms with Crippen molar-refractivity contribution in [3.8, 4) is 0 Å². The van der Waals surface area contributed by atoms with Gasteiger partial charge in [-0.05, 0) is 6.42 Å². The summed E-state index contributed by atoms with van der Waals surface area (Å²) < 4.78 is 4.77. The lowest BCUT2D eigenvalue weighted by Gasteiger charge is -2.14. The van der Waals surface area contributed by atoms with E-state index in [-0.39, 0.29) is 12.8 Å². The molecule has 4 N–H and O–H groups in total. The standard InChI is InChI=1S/C8H16N2O5/c1-14-5-4-10-6(8(13)15-9)2-3-7(11)12/h6,10H,2-5,9H2,1H3,(H,11,12). The second-order valence-electron chi connectivity index (χ2n) is 2.87. The second kappa shape index (κ2) is 8.16. The number of hydrogen-bond donors (Lipinski definition) is 3. The van der Waals surface area contributed by atoms with Crippen molar-refractivity contribution in [2.75, 3.05) is 20.3 Å². The molecule has 0 amide bonds. The first-order valence-corrected chi connectivity index (χ1v) is 4.46. The molecule has 0 aliphatic carbocycles. The van der Waals surface area contributed by atoms with Crippen LogP contribution < -0.4 is 11.2 Å². The molecular weight excluding hydrogens is 204 g/mol. The van der Waals surface area contributed by atoms with Gasteiger partial charge >= 0.3 is 11.9 Å². The SMILES string of the molecule is COCCNC(CCC(=O)O)C(=O)ON. The molecule has 0 rings (SSSR count). The quantitative estimate of drug-likeness (QED) is 0.350. The number of carboxylic acids is 1. The van der Waals surface area contributed by atoms with Gasteiger partial charge in [-0.15, -0.1) is 0 Å². The number of rotatable bonds is 8. The number of methoxy groups -OCH3 is 1. The van der Waals surface area contributed by atoms with Gasteiger partial charge in [0.05, 0.1) is 6.61 Å². The summed E-state index contributed by atoms with van der Waals surface area (Å²) in [4.78, 5) is 25.4. The molecule has 0 heterocycles. The number of carboxylic acid groups (broad SMARTS) is 1. The fourth-order valence-corrected chi connectivity index (χ4v) is 0.988. The fraction of sp³-hybridized carbons (Fsp3) is 0.750. The molecule has 0 aliphatic heterocycles. The van der Waals surface area contributed by atoms with E-state index in [0.717, 1.165) is 0 Å². The topological polar surface area (TPSA) is 111 Å². The van der Waals surface area contributed by atoms with E-state index < -0.39 is 18.0 Å². The Morgan fingerprint density at radius 3 is 2.67 bits per heavy atom. The predicted octanol–water partition coefficient (Wildman–Crippen LogP) is -1.13. The van der Waals surface area contributed by atoms with Crippen LogP contribution in [0, 0.1) is 0 Å². The molecule has 0 radical (unpaired) electrons. The van der Waals surface area contributed by atoms with Crippen LogP contribution in [0.4, 0.5) is 0 Å². The molecule has 0 saturated heterocycles. The lowest BCUT2D eigenvalue weighted by molar-refractivity contribution is -0.147. The van der Waals surface area contributed by atoms with Crippen LogP contribution in [0.5, 0.6) is 0 Å². The Hall–Kier alpha value is -1.18. The van der Waals surface area contributed by atoms with Crippen molar-refractivity contribution in [1.29, 1.82) is 0 Å². The van der Waals surface area contributed by atoms with Crippen LogP contribution in [-0.4, -0.2) is 43.3 Å². The van der Waals surface area contributed by atoms with E-state index >= 15 is 0 Å². The molecule has 15 heavy (non-hydrogen) atoms. The van der Waals surface area contributed by atoms with Gasteiger partial charge in [-0.25, -0.2) is 4.79 Å². The third kappa shape index (κ3) is 6.83. The highest BCUT2D eigenvalue weighted by Crippen LogP contribution is 1.99. The molecule has 1 atom stereocenters. The maximum absolute atomic E-state index is 11.1. The molecule has 1 unspecified atom stereocenters. The van der Waals surface area contributed by atoms with Gasteiger partial charge in [0.25, 0.3) is 0 Å². The maximum atomic E-state index is 11.1. The minimum absolute atomic E-state index is 0.125. The number of ether oxygens (including phenoxy) is 1. The zero-order valence-electron chi connectivity index (χ0n) is 8.56. The first kappa shape index (κ1) is 13.8. The minimum Gasteiger partial charge on any atom is -0.481 e. The summed E-state index contributed by atoms with van der Waals surface area (Å²) in [6.07, 6.45) is 0.00876. The Morgan fingerprint density at radius 2 is 2.20 bits per heavy atom. The van der Waals surface area contributed by atoms with Crippen LogP contribution in [0.1, 0.15) is 12.8 Å². The predicted molar refractivity (Wildman–Crippen MR) is 50.8 cm³/mol. The van der Waals surface area contributed by atoms with Gasteiger partial charge in [0.2, 0.25) is 0 Å². The lowest BCUT2D eigenvalue weighted by Crippen LogP contribution is -2.41. The summed E-state index contributed by atoms with van der Waals surface area (Å²) in [6.45, 7) is 0.845. The number of carbonyl (C=O) groups is 2. The molecule has 88 valence electrons. The number of nitrogens with two attached hydrogens (primary N) is 1. The smallest absolute Gasteiger partial charge is 0.341 e. The van der Waals surface area contributed by atoms with Gasteiger partial charge in [0, 0.05) is 20.1 Å². The molecule has 0 aliphatic rings. The van der Waals surface area contributed by atoms with Crippen molar-refractivity contribution in [2.24, 2.45) is 5.90 Å². The van der Waals surface area contributed by atoms with Crippen molar-refractivity contribution in [1.82, 2.24) is 5.32 Å². The zero-order chi connectivity index (χ0) is 11.7. The summed E-state index contributed by atoms with van der Waals surface area (Å²) in [5, 5.41) is 11.2. The van der Waals surface area contributed by atoms with Gasteiger partial charge in [-0.2, -0.15) is 5.90 Å². The molecule has 0 bridgehead atoms. The van der Waals surface area contributed by atoms with Crippen LogP contribution in [0.3, 0.4) is 0 Å². The third-order valence-corrected chi connectivity index (χ3v) is 1.74. The van der Waals surface area contributed by atoms with Crippen LogP contribution in [-0.2, 0) is 19.2 Å². The summed E-state index contributed by atoms with van der Waals surface area (Å²) in [5.74, 6) is 3.07. The van der Waals surface area contributed by atoms with E-state index in [0.29, 0.717) is 13.2 Å². The molecular formula is C8H16N2O5. The van der Waals surface area contributed by atoms with Crippen molar-refractivity contribution in [3.05, 3.63) is 0 Å². The number of carbonyl (C=O) groups excluding carboxylic acids is 1. The van der Waals surface area contributed by atoms with E-state index in [1.54, 1.807) is 0 Å². The van der Waals surface area contributed by atoms with E-state index in [4.69, 9.17) is 15.7 Å². The molecule has 0 aromatic carbocycles. The number of hydrogen-bond acceptors (Lipinski definition) is 6. The van der Waals surface area contributed by atoms with Crippen LogP contribution in [0.25, 0.3) is 0 Å². The van der Waals surface area contributed by atoms with Gasteiger partial charge in [0.15, 0.2) is 0 Å². The Morgan fingerprint density at radius 1 is 1.53 bits per heavy atom. The Bertz CT molecular complexity index is 209. The third-order valence-electron chi connectivity index (χ3n) is 1.74. The van der Waals surface area contributed by atoms with E-state index in [9.17, 15) is 9.59 Å². The Balaban J connectivity index is 3.95. The maximum Gasteiger partial charge on any atom is 0.341 e. The van der Waals surface area contributed by atoms with Crippen molar-refractivity contribution >= 4 is 11.9 Å². The second-order valence-corrected chi connectivity index (χ2v) is 2.87. The number of nitrogens with one attached hydrogen (secondary N) is 1. The molecule has 0 aromatic heterocycles. The van der Waals surface area contributed by atoms with E-state index in [1.165, 1.54) is 7.11 Å². The summed E-state index contributed by atoms with van der Waals surface area (Å²) in [5.41, 5.74) is 0. The van der Waals surface area contributed by atoms with Crippen LogP contribution >= 0.6 is 0 Å². The van der Waals surface area contributed by atoms with Crippen molar-refractivity contribution < 1.29 is 24.3 Å². The molecule has 7 nitrogen and oxygen atoms in total. The highest BCUT2D eigenvalue weighted by atomic mass is 16.7. The Kier molecular flexibility index (Phi) is 7.51. The van der Waals surface area contributed by atoms with E-state index in [1.807, 2.05) is 0 Å². The molecule has 0 spiro atoms. The molecule has 0 fully saturated rings. The van der Waals surface area contributed by atoms with E-state index in [2.05, 4.69) is 10.2 Å². The monoisotopic (exact) mass is 220 g/mol. The van der Waals surface area contributed by atoms with Crippen molar-refractivity contribution in [3.63, 3.8) is 0 Å². The average Bonchev–Trinajstić information content (AvgIpc) is 2.21. The Labute approximate surface area is 87.5 Å². The largest absolute Gasteiger partial charge is 0.481 e. The van der Waals surface area contributed by atoms with Gasteiger partial charge in [0.1, 0.15) is 6.04 Å².